The van der Waals surface area contributed by atoms with E-state index in [1.165, 1.54) is 0 Å². The van der Waals surface area contributed by atoms with Crippen molar-refractivity contribution >= 4 is 45.1 Å². The number of H-pyrrole nitrogens is 2. The number of benzene rings is 2. The average molecular weight is 612 g/mol. The van der Waals surface area contributed by atoms with Crippen LogP contribution in [0.2, 0.25) is 0 Å². The molecule has 0 amide bonds. The van der Waals surface area contributed by atoms with E-state index < -0.39 is 0 Å². The standard InChI is InChI=1S/C27H29IN6O3/c1-15-10-17(25-29-8-9-30-25)12-20-24(15)34-26(33-20)23-19(6-7-31-27(23)35)32-14-22(37-3)16-4-5-21(36-2)18(11-16)13-28/h4-7,10-12,22H,8-9,13-14H2,1-3H3,(H,29,30)(H,33,34)(H2,31,32,35). The minimum absolute atomic E-state index is 0.222. The molecule has 0 saturated heterocycles. The van der Waals surface area contributed by atoms with Crippen molar-refractivity contribution in [2.24, 2.45) is 4.99 Å². The van der Waals surface area contributed by atoms with Gasteiger partial charge in [-0.2, -0.15) is 0 Å². The fourth-order valence-electron chi connectivity index (χ4n) is 4.64. The van der Waals surface area contributed by atoms with Gasteiger partial charge in [0.2, 0.25) is 0 Å². The van der Waals surface area contributed by atoms with Gasteiger partial charge in [-0.05, 0) is 48.4 Å². The van der Waals surface area contributed by atoms with Gasteiger partial charge in [0.25, 0.3) is 5.56 Å². The molecular weight excluding hydrogens is 583 g/mol. The van der Waals surface area contributed by atoms with Crippen LogP contribution >= 0.6 is 22.6 Å². The SMILES string of the molecule is COc1ccc(C(CNc2cc[nH]c(=O)c2-c2nc3c(C)cc(C4=NCCN4)cc3[nH]2)OC)cc1CI. The summed E-state index contributed by atoms with van der Waals surface area (Å²) < 4.78 is 12.1. The van der Waals surface area contributed by atoms with Gasteiger partial charge in [-0.1, -0.05) is 28.7 Å². The summed E-state index contributed by atoms with van der Waals surface area (Å²) in [6.45, 7) is 4.10. The lowest BCUT2D eigenvalue weighted by Crippen LogP contribution is -2.19. The molecule has 10 heteroatoms. The number of aromatic amines is 2. The third-order valence-electron chi connectivity index (χ3n) is 6.51. The number of fused-ring (bicyclic) bond motifs is 1. The number of imidazole rings is 1. The highest BCUT2D eigenvalue weighted by Gasteiger charge is 2.19. The zero-order valence-corrected chi connectivity index (χ0v) is 23.1. The molecule has 4 N–H and O–H groups in total. The van der Waals surface area contributed by atoms with Crippen molar-refractivity contribution in [3.8, 4) is 17.1 Å². The molecule has 2 aromatic carbocycles. The summed E-state index contributed by atoms with van der Waals surface area (Å²) >= 11 is 2.33. The molecule has 37 heavy (non-hydrogen) atoms. The first-order valence-corrected chi connectivity index (χ1v) is 13.6. The van der Waals surface area contributed by atoms with E-state index in [9.17, 15) is 4.79 Å². The zero-order valence-electron chi connectivity index (χ0n) is 20.9. The van der Waals surface area contributed by atoms with Crippen LogP contribution in [-0.4, -0.2) is 54.6 Å². The summed E-state index contributed by atoms with van der Waals surface area (Å²) in [5, 5.41) is 6.73. The maximum Gasteiger partial charge on any atom is 0.261 e. The summed E-state index contributed by atoms with van der Waals surface area (Å²) in [6.07, 6.45) is 1.41. The van der Waals surface area contributed by atoms with Gasteiger partial charge in [-0.25, -0.2) is 4.98 Å². The molecule has 1 atom stereocenters. The number of aliphatic imine (C=N–C) groups is 1. The van der Waals surface area contributed by atoms with Crippen LogP contribution in [0.15, 0.2) is 52.4 Å². The van der Waals surface area contributed by atoms with Crippen molar-refractivity contribution in [2.75, 3.05) is 39.2 Å². The number of methoxy groups -OCH3 is 2. The van der Waals surface area contributed by atoms with Crippen LogP contribution in [0.4, 0.5) is 5.69 Å². The summed E-state index contributed by atoms with van der Waals surface area (Å²) in [6, 6.07) is 12.0. The number of aryl methyl sites for hydroxylation is 1. The summed E-state index contributed by atoms with van der Waals surface area (Å²) in [5.41, 5.74) is 6.74. The molecule has 9 nitrogen and oxygen atoms in total. The molecule has 5 rings (SSSR count). The average Bonchev–Trinajstić information content (AvgIpc) is 3.59. The van der Waals surface area contributed by atoms with Crippen molar-refractivity contribution in [3.63, 3.8) is 0 Å². The number of ether oxygens (including phenoxy) is 2. The minimum Gasteiger partial charge on any atom is -0.496 e. The number of rotatable bonds is 9. The predicted octanol–water partition coefficient (Wildman–Crippen LogP) is 4.32. The Bertz CT molecular complexity index is 1530. The second-order valence-electron chi connectivity index (χ2n) is 8.84. The van der Waals surface area contributed by atoms with Gasteiger partial charge >= 0.3 is 0 Å². The molecule has 1 aliphatic rings. The molecule has 0 aliphatic carbocycles. The van der Waals surface area contributed by atoms with Gasteiger partial charge in [-0.3, -0.25) is 9.79 Å². The highest BCUT2D eigenvalue weighted by atomic mass is 127. The quantitative estimate of drug-likeness (QED) is 0.165. The van der Waals surface area contributed by atoms with E-state index in [0.717, 1.165) is 62.4 Å². The van der Waals surface area contributed by atoms with Crippen molar-refractivity contribution < 1.29 is 9.47 Å². The van der Waals surface area contributed by atoms with Crippen molar-refractivity contribution in [1.29, 1.82) is 0 Å². The lowest BCUT2D eigenvalue weighted by molar-refractivity contribution is 0.114. The Balaban J connectivity index is 1.46. The van der Waals surface area contributed by atoms with Crippen LogP contribution < -0.4 is 20.9 Å². The summed E-state index contributed by atoms with van der Waals surface area (Å²) in [4.78, 5) is 28.5. The van der Waals surface area contributed by atoms with Crippen LogP contribution in [0, 0.1) is 6.92 Å². The van der Waals surface area contributed by atoms with Gasteiger partial charge < -0.3 is 30.1 Å². The van der Waals surface area contributed by atoms with Crippen LogP contribution in [-0.2, 0) is 9.16 Å². The Labute approximate surface area is 228 Å². The highest BCUT2D eigenvalue weighted by Crippen LogP contribution is 2.29. The minimum atomic E-state index is -0.227. The van der Waals surface area contributed by atoms with Crippen LogP contribution in [0.1, 0.15) is 28.4 Å². The van der Waals surface area contributed by atoms with E-state index in [4.69, 9.17) is 14.5 Å². The molecular formula is C27H29IN6O3. The normalized spacial score (nSPS) is 13.9. The van der Waals surface area contributed by atoms with Crippen molar-refractivity contribution in [1.82, 2.24) is 20.3 Å². The second-order valence-corrected chi connectivity index (χ2v) is 9.60. The molecule has 0 fully saturated rings. The number of halogens is 1. The Kier molecular flexibility index (Phi) is 7.47. The summed E-state index contributed by atoms with van der Waals surface area (Å²) in [5.74, 6) is 2.25. The topological polar surface area (TPSA) is 116 Å². The van der Waals surface area contributed by atoms with Crippen molar-refractivity contribution in [3.05, 3.63) is 75.2 Å². The molecule has 0 bridgehead atoms. The molecule has 0 radical (unpaired) electrons. The number of amidine groups is 1. The molecule has 0 spiro atoms. The first-order chi connectivity index (χ1) is 18.0. The lowest BCUT2D eigenvalue weighted by Gasteiger charge is -2.19. The van der Waals surface area contributed by atoms with Gasteiger partial charge in [0.15, 0.2) is 0 Å². The third-order valence-corrected chi connectivity index (χ3v) is 7.33. The maximum atomic E-state index is 13.0. The van der Waals surface area contributed by atoms with E-state index in [1.807, 2.05) is 31.2 Å². The van der Waals surface area contributed by atoms with E-state index >= 15 is 0 Å². The molecule has 1 unspecified atom stereocenters. The number of aromatic nitrogens is 3. The van der Waals surface area contributed by atoms with E-state index in [1.54, 1.807) is 20.4 Å². The van der Waals surface area contributed by atoms with Crippen LogP contribution in [0.3, 0.4) is 0 Å². The number of nitrogens with zero attached hydrogens (tertiary/aromatic N) is 2. The number of alkyl halides is 1. The lowest BCUT2D eigenvalue weighted by atomic mass is 10.1. The summed E-state index contributed by atoms with van der Waals surface area (Å²) in [7, 11) is 3.36. The number of pyridine rings is 1. The monoisotopic (exact) mass is 612 g/mol. The van der Waals surface area contributed by atoms with Gasteiger partial charge in [-0.15, -0.1) is 0 Å². The largest absolute Gasteiger partial charge is 0.496 e. The molecule has 4 aromatic rings. The Morgan fingerprint density at radius 2 is 2.05 bits per heavy atom. The van der Waals surface area contributed by atoms with Crippen molar-refractivity contribution in [2.45, 2.75) is 17.5 Å². The molecule has 0 saturated carbocycles. The Morgan fingerprint density at radius 1 is 1.19 bits per heavy atom. The first kappa shape index (κ1) is 25.3. The second kappa shape index (κ2) is 10.9. The third kappa shape index (κ3) is 5.08. The zero-order chi connectivity index (χ0) is 25.9. The Hall–Kier alpha value is -3.38. The number of hydrogen-bond acceptors (Lipinski definition) is 7. The smallest absolute Gasteiger partial charge is 0.261 e. The molecule has 2 aromatic heterocycles. The molecule has 192 valence electrons. The van der Waals surface area contributed by atoms with Crippen LogP contribution in [0.5, 0.6) is 5.75 Å². The van der Waals surface area contributed by atoms with Gasteiger partial charge in [0.05, 0.1) is 36.5 Å². The first-order valence-electron chi connectivity index (χ1n) is 12.0. The predicted molar refractivity (Wildman–Crippen MR) is 155 cm³/mol. The van der Waals surface area contributed by atoms with E-state index in [-0.39, 0.29) is 11.7 Å². The fraction of sp³-hybridized carbons (Fsp3) is 0.296. The van der Waals surface area contributed by atoms with Gasteiger partial charge in [0, 0.05) is 42.0 Å². The Morgan fingerprint density at radius 3 is 2.78 bits per heavy atom. The molecule has 1 aliphatic heterocycles. The maximum absolute atomic E-state index is 13.0. The molecule has 3 heterocycles. The number of nitrogens with one attached hydrogen (secondary N) is 4. The number of anilines is 1. The fourth-order valence-corrected chi connectivity index (χ4v) is 5.24. The van der Waals surface area contributed by atoms with E-state index in [0.29, 0.717) is 23.6 Å². The van der Waals surface area contributed by atoms with E-state index in [2.05, 4.69) is 60.3 Å². The highest BCUT2D eigenvalue weighted by molar-refractivity contribution is 14.1. The number of hydrogen-bond donors (Lipinski definition) is 4. The van der Waals surface area contributed by atoms with Gasteiger partial charge in [0.1, 0.15) is 23.0 Å². The van der Waals surface area contributed by atoms with Crippen LogP contribution in [0.25, 0.3) is 22.4 Å².